The summed E-state index contributed by atoms with van der Waals surface area (Å²) in [7, 11) is 1.22. The highest BCUT2D eigenvalue weighted by Crippen LogP contribution is 2.35. The van der Waals surface area contributed by atoms with Gasteiger partial charge in [0.15, 0.2) is 17.5 Å². The van der Waals surface area contributed by atoms with E-state index in [1.54, 1.807) is 6.92 Å². The lowest BCUT2D eigenvalue weighted by Crippen LogP contribution is -2.53. The van der Waals surface area contributed by atoms with Crippen LogP contribution >= 0.6 is 0 Å². The number of halogens is 3. The molecule has 3 rings (SSSR count). The number of hydrogen-bond acceptors (Lipinski definition) is 4. The van der Waals surface area contributed by atoms with Crippen LogP contribution in [0, 0.1) is 23.4 Å². The number of fused-ring (bicyclic) bond motifs is 1. The second kappa shape index (κ2) is 8.76. The summed E-state index contributed by atoms with van der Waals surface area (Å²) >= 11 is 0. The van der Waals surface area contributed by atoms with Gasteiger partial charge in [0.2, 0.25) is 0 Å². The number of rotatable bonds is 5. The Balaban J connectivity index is 2.00. The van der Waals surface area contributed by atoms with Crippen molar-refractivity contribution in [3.63, 3.8) is 0 Å². The Morgan fingerprint density at radius 1 is 1.33 bits per heavy atom. The van der Waals surface area contributed by atoms with Gasteiger partial charge < -0.3 is 19.9 Å². The van der Waals surface area contributed by atoms with E-state index in [1.165, 1.54) is 18.3 Å². The molecule has 0 aliphatic carbocycles. The standard InChI is InChI=1S/C20H23F3N4O3/c1-4-10(2)16(19(28)30-3)26-20(29)27-8-7-13-17(25-9-24-13)18(27)11-5-6-12(21)15(23)14(11)22/h5-6,9-10,16,18H,4,7-8H2,1-3H3,(H,24,25)(H,26,29)/t10-,16-,18+/m0/s1. The summed E-state index contributed by atoms with van der Waals surface area (Å²) in [5.74, 6) is -5.16. The van der Waals surface area contributed by atoms with Crippen LogP contribution < -0.4 is 5.32 Å². The van der Waals surface area contributed by atoms with Crippen molar-refractivity contribution in [2.45, 2.75) is 38.8 Å². The first kappa shape index (κ1) is 21.7. The molecule has 7 nitrogen and oxygen atoms in total. The predicted molar refractivity (Wildman–Crippen MR) is 101 cm³/mol. The first-order valence-electron chi connectivity index (χ1n) is 9.60. The number of H-pyrrole nitrogens is 1. The van der Waals surface area contributed by atoms with Gasteiger partial charge in [-0.1, -0.05) is 26.3 Å². The fraction of sp³-hybridized carbons (Fsp3) is 0.450. The molecule has 1 aromatic heterocycles. The highest BCUT2D eigenvalue weighted by molar-refractivity contribution is 5.84. The third-order valence-electron chi connectivity index (χ3n) is 5.49. The number of carbonyl (C=O) groups is 2. The summed E-state index contributed by atoms with van der Waals surface area (Å²) in [5.41, 5.74) is 0.773. The van der Waals surface area contributed by atoms with Crippen LogP contribution in [0.25, 0.3) is 0 Å². The van der Waals surface area contributed by atoms with Crippen molar-refractivity contribution < 1.29 is 27.5 Å². The van der Waals surface area contributed by atoms with E-state index in [0.29, 0.717) is 24.2 Å². The van der Waals surface area contributed by atoms with Crippen LogP contribution in [0.3, 0.4) is 0 Å². The highest BCUT2D eigenvalue weighted by atomic mass is 19.2. The van der Waals surface area contributed by atoms with Gasteiger partial charge in [0.25, 0.3) is 0 Å². The molecule has 30 heavy (non-hydrogen) atoms. The van der Waals surface area contributed by atoms with E-state index in [1.807, 2.05) is 6.92 Å². The van der Waals surface area contributed by atoms with Gasteiger partial charge >= 0.3 is 12.0 Å². The Bertz CT molecular complexity index is 949. The molecule has 1 aliphatic heterocycles. The average Bonchev–Trinajstić information content (AvgIpc) is 3.23. The molecule has 10 heteroatoms. The van der Waals surface area contributed by atoms with E-state index in [4.69, 9.17) is 4.74 Å². The van der Waals surface area contributed by atoms with E-state index in [2.05, 4.69) is 15.3 Å². The topological polar surface area (TPSA) is 87.3 Å². The van der Waals surface area contributed by atoms with Crippen LogP contribution in [0.4, 0.5) is 18.0 Å². The maximum atomic E-state index is 14.6. The number of aromatic nitrogens is 2. The number of aromatic amines is 1. The third-order valence-corrected chi connectivity index (χ3v) is 5.49. The predicted octanol–water partition coefficient (Wildman–Crippen LogP) is 3.07. The van der Waals surface area contributed by atoms with Crippen molar-refractivity contribution >= 4 is 12.0 Å². The number of benzene rings is 1. The minimum absolute atomic E-state index is 0.151. The maximum absolute atomic E-state index is 14.6. The molecule has 1 aromatic carbocycles. The zero-order valence-corrected chi connectivity index (χ0v) is 16.8. The molecule has 0 saturated carbocycles. The Hall–Kier alpha value is -3.04. The Morgan fingerprint density at radius 2 is 2.07 bits per heavy atom. The second-order valence-electron chi connectivity index (χ2n) is 7.21. The summed E-state index contributed by atoms with van der Waals surface area (Å²) in [4.78, 5) is 33.6. The van der Waals surface area contributed by atoms with Crippen molar-refractivity contribution in [3.8, 4) is 0 Å². The van der Waals surface area contributed by atoms with Gasteiger partial charge in [-0.05, 0) is 12.0 Å². The number of amides is 2. The van der Waals surface area contributed by atoms with E-state index in [-0.39, 0.29) is 18.0 Å². The van der Waals surface area contributed by atoms with Crippen LogP contribution in [0.15, 0.2) is 18.5 Å². The summed E-state index contributed by atoms with van der Waals surface area (Å²) in [6, 6.07) is -0.766. The molecule has 1 aliphatic rings. The molecule has 2 amide bonds. The summed E-state index contributed by atoms with van der Waals surface area (Å²) in [6.45, 7) is 3.80. The van der Waals surface area contributed by atoms with Gasteiger partial charge in [0, 0.05) is 24.2 Å². The first-order valence-corrected chi connectivity index (χ1v) is 9.60. The van der Waals surface area contributed by atoms with E-state index >= 15 is 0 Å². The van der Waals surface area contributed by atoms with E-state index in [9.17, 15) is 22.8 Å². The van der Waals surface area contributed by atoms with Crippen LogP contribution in [0.2, 0.25) is 0 Å². The number of nitrogens with zero attached hydrogens (tertiary/aromatic N) is 2. The lowest BCUT2D eigenvalue weighted by atomic mass is 9.95. The van der Waals surface area contributed by atoms with Crippen molar-refractivity contribution in [2.75, 3.05) is 13.7 Å². The molecule has 0 fully saturated rings. The van der Waals surface area contributed by atoms with E-state index < -0.39 is 41.5 Å². The van der Waals surface area contributed by atoms with Crippen molar-refractivity contribution in [1.82, 2.24) is 20.2 Å². The lowest BCUT2D eigenvalue weighted by molar-refractivity contribution is -0.144. The molecule has 0 unspecified atom stereocenters. The quantitative estimate of drug-likeness (QED) is 0.571. The summed E-state index contributed by atoms with van der Waals surface area (Å²) in [5, 5.41) is 2.64. The third kappa shape index (κ3) is 3.86. The number of ether oxygens (including phenoxy) is 1. The highest BCUT2D eigenvalue weighted by Gasteiger charge is 2.38. The molecule has 2 heterocycles. The van der Waals surface area contributed by atoms with E-state index in [0.717, 1.165) is 12.1 Å². The molecule has 2 aromatic rings. The number of hydrogen-bond donors (Lipinski definition) is 2. The van der Waals surface area contributed by atoms with Gasteiger partial charge in [-0.3, -0.25) is 0 Å². The van der Waals surface area contributed by atoms with Crippen molar-refractivity contribution in [3.05, 3.63) is 52.9 Å². The van der Waals surface area contributed by atoms with Crippen molar-refractivity contribution in [2.24, 2.45) is 5.92 Å². The zero-order chi connectivity index (χ0) is 22.0. The molecular formula is C20H23F3N4O3. The van der Waals surface area contributed by atoms with Crippen LogP contribution in [0.1, 0.15) is 43.3 Å². The molecule has 0 radical (unpaired) electrons. The average molecular weight is 424 g/mol. The number of methoxy groups -OCH3 is 1. The number of esters is 1. The molecular weight excluding hydrogens is 401 g/mol. The van der Waals surface area contributed by atoms with Gasteiger partial charge in [-0.2, -0.15) is 0 Å². The van der Waals surface area contributed by atoms with Crippen LogP contribution in [0.5, 0.6) is 0 Å². The minimum Gasteiger partial charge on any atom is -0.467 e. The molecule has 2 N–H and O–H groups in total. The number of nitrogens with one attached hydrogen (secondary N) is 2. The number of urea groups is 1. The van der Waals surface area contributed by atoms with Crippen LogP contribution in [-0.2, 0) is 16.0 Å². The lowest BCUT2D eigenvalue weighted by Gasteiger charge is -2.36. The fourth-order valence-electron chi connectivity index (χ4n) is 3.57. The number of carbonyl (C=O) groups excluding carboxylic acids is 2. The molecule has 3 atom stereocenters. The van der Waals surface area contributed by atoms with Crippen molar-refractivity contribution in [1.29, 1.82) is 0 Å². The maximum Gasteiger partial charge on any atom is 0.328 e. The largest absolute Gasteiger partial charge is 0.467 e. The summed E-state index contributed by atoms with van der Waals surface area (Å²) in [6.07, 6.45) is 2.40. The normalized spacial score (nSPS) is 17.8. The van der Waals surface area contributed by atoms with Gasteiger partial charge in [-0.25, -0.2) is 27.7 Å². The minimum atomic E-state index is -1.62. The molecule has 0 spiro atoms. The van der Waals surface area contributed by atoms with Gasteiger partial charge in [-0.15, -0.1) is 0 Å². The number of imidazole rings is 1. The zero-order valence-electron chi connectivity index (χ0n) is 16.8. The Kier molecular flexibility index (Phi) is 6.33. The smallest absolute Gasteiger partial charge is 0.328 e. The molecule has 162 valence electrons. The summed E-state index contributed by atoms with van der Waals surface area (Å²) < 4.78 is 46.8. The molecule has 0 saturated heterocycles. The van der Waals surface area contributed by atoms with Gasteiger partial charge in [0.1, 0.15) is 12.1 Å². The Morgan fingerprint density at radius 3 is 2.73 bits per heavy atom. The monoisotopic (exact) mass is 424 g/mol. The molecule has 0 bridgehead atoms. The second-order valence-corrected chi connectivity index (χ2v) is 7.21. The van der Waals surface area contributed by atoms with Gasteiger partial charge in [0.05, 0.1) is 19.1 Å². The first-order chi connectivity index (χ1) is 14.3. The van der Waals surface area contributed by atoms with Crippen LogP contribution in [-0.4, -0.2) is 46.6 Å². The SMILES string of the molecule is CC[C@H](C)[C@H](NC(=O)N1CCc2[nH]cnc2[C@H]1c1ccc(F)c(F)c1F)C(=O)OC. The fourth-order valence-corrected chi connectivity index (χ4v) is 3.57. The Labute approximate surface area is 171 Å².